The summed E-state index contributed by atoms with van der Waals surface area (Å²) in [5.41, 5.74) is 0. The van der Waals surface area contributed by atoms with Gasteiger partial charge in [0.1, 0.15) is 0 Å². The van der Waals surface area contributed by atoms with Crippen LogP contribution in [-0.2, 0) is 4.79 Å². The van der Waals surface area contributed by atoms with Crippen LogP contribution in [-0.4, -0.2) is 24.5 Å². The molecule has 0 aromatic carbocycles. The molecule has 2 atom stereocenters. The molecule has 1 amide bonds. The molecule has 3 heteroatoms. The van der Waals surface area contributed by atoms with E-state index in [1.165, 1.54) is 0 Å². The van der Waals surface area contributed by atoms with Crippen molar-refractivity contribution in [3.63, 3.8) is 0 Å². The maximum Gasteiger partial charge on any atom is 0.221 e. The Balaban J connectivity index is 2.28. The Bertz CT molecular complexity index is 232. The predicted molar refractivity (Wildman–Crippen MR) is 56.7 cm³/mol. The van der Waals surface area contributed by atoms with Gasteiger partial charge in [-0.25, -0.2) is 0 Å². The summed E-state index contributed by atoms with van der Waals surface area (Å²) in [7, 11) is 0. The van der Waals surface area contributed by atoms with Gasteiger partial charge in [0.25, 0.3) is 0 Å². The Morgan fingerprint density at radius 3 is 3.14 bits per heavy atom. The molecule has 3 nitrogen and oxygen atoms in total. The van der Waals surface area contributed by atoms with E-state index >= 15 is 0 Å². The normalized spacial score (nSPS) is 26.6. The average molecular weight is 194 g/mol. The van der Waals surface area contributed by atoms with Crippen molar-refractivity contribution in [2.75, 3.05) is 6.54 Å². The highest BCUT2D eigenvalue weighted by molar-refractivity contribution is 5.76. The first-order valence-corrected chi connectivity index (χ1v) is 5.20. The van der Waals surface area contributed by atoms with E-state index in [4.69, 9.17) is 6.42 Å². The molecule has 1 saturated heterocycles. The summed E-state index contributed by atoms with van der Waals surface area (Å²) in [5, 5.41) is 6.34. The van der Waals surface area contributed by atoms with Gasteiger partial charge >= 0.3 is 0 Å². The summed E-state index contributed by atoms with van der Waals surface area (Å²) in [6.45, 7) is 3.16. The molecule has 2 unspecified atom stereocenters. The lowest BCUT2D eigenvalue weighted by atomic mass is 10.00. The Kier molecular flexibility index (Phi) is 4.48. The minimum atomic E-state index is 0.0727. The molecule has 0 aromatic heterocycles. The van der Waals surface area contributed by atoms with E-state index in [0.29, 0.717) is 18.9 Å². The lowest BCUT2D eigenvalue weighted by Crippen LogP contribution is -2.51. The van der Waals surface area contributed by atoms with Crippen molar-refractivity contribution in [2.45, 2.75) is 44.7 Å². The minimum Gasteiger partial charge on any atom is -0.352 e. The minimum absolute atomic E-state index is 0.0727. The average Bonchev–Trinajstić information content (AvgIpc) is 2.18. The molecule has 0 saturated carbocycles. The quantitative estimate of drug-likeness (QED) is 0.648. The fourth-order valence-corrected chi connectivity index (χ4v) is 1.71. The maximum atomic E-state index is 11.4. The third-order valence-electron chi connectivity index (χ3n) is 2.60. The van der Waals surface area contributed by atoms with Crippen LogP contribution in [0, 0.1) is 12.3 Å². The van der Waals surface area contributed by atoms with Gasteiger partial charge in [-0.1, -0.05) is 0 Å². The molecule has 0 spiro atoms. The van der Waals surface area contributed by atoms with E-state index in [1.54, 1.807) is 0 Å². The van der Waals surface area contributed by atoms with Gasteiger partial charge in [0.15, 0.2) is 0 Å². The van der Waals surface area contributed by atoms with Gasteiger partial charge in [-0.2, -0.15) is 0 Å². The van der Waals surface area contributed by atoms with Crippen LogP contribution in [0.2, 0.25) is 0 Å². The van der Waals surface area contributed by atoms with Crippen LogP contribution in [0.5, 0.6) is 0 Å². The Labute approximate surface area is 85.6 Å². The lowest BCUT2D eigenvalue weighted by Gasteiger charge is -2.30. The van der Waals surface area contributed by atoms with E-state index in [0.717, 1.165) is 19.4 Å². The molecular weight excluding hydrogens is 176 g/mol. The first-order valence-electron chi connectivity index (χ1n) is 5.20. The molecule has 2 N–H and O–H groups in total. The molecule has 14 heavy (non-hydrogen) atoms. The van der Waals surface area contributed by atoms with E-state index in [-0.39, 0.29) is 11.9 Å². The van der Waals surface area contributed by atoms with E-state index in [2.05, 4.69) is 23.5 Å². The van der Waals surface area contributed by atoms with Crippen LogP contribution >= 0.6 is 0 Å². The summed E-state index contributed by atoms with van der Waals surface area (Å²) >= 11 is 0. The fourth-order valence-electron chi connectivity index (χ4n) is 1.71. The first kappa shape index (κ1) is 11.1. The molecule has 1 aliphatic heterocycles. The van der Waals surface area contributed by atoms with Crippen molar-refractivity contribution < 1.29 is 4.79 Å². The third kappa shape index (κ3) is 3.39. The second kappa shape index (κ2) is 5.66. The van der Waals surface area contributed by atoms with Gasteiger partial charge in [0.2, 0.25) is 5.91 Å². The number of terminal acetylenes is 1. The summed E-state index contributed by atoms with van der Waals surface area (Å²) in [6.07, 6.45) is 8.26. The van der Waals surface area contributed by atoms with Crippen LogP contribution in [0.3, 0.4) is 0 Å². The Morgan fingerprint density at radius 2 is 2.50 bits per heavy atom. The second-order valence-electron chi connectivity index (χ2n) is 3.76. The third-order valence-corrected chi connectivity index (χ3v) is 2.60. The van der Waals surface area contributed by atoms with Crippen LogP contribution in [0.4, 0.5) is 0 Å². The van der Waals surface area contributed by atoms with Crippen molar-refractivity contribution in [3.8, 4) is 12.3 Å². The molecule has 0 bridgehead atoms. The van der Waals surface area contributed by atoms with Gasteiger partial charge in [-0.3, -0.25) is 4.79 Å². The molecule has 0 aromatic rings. The van der Waals surface area contributed by atoms with Gasteiger partial charge in [0.05, 0.1) is 0 Å². The summed E-state index contributed by atoms with van der Waals surface area (Å²) in [4.78, 5) is 11.4. The van der Waals surface area contributed by atoms with Crippen molar-refractivity contribution in [1.29, 1.82) is 0 Å². The van der Waals surface area contributed by atoms with E-state index < -0.39 is 0 Å². The number of piperidine rings is 1. The largest absolute Gasteiger partial charge is 0.352 e. The summed E-state index contributed by atoms with van der Waals surface area (Å²) < 4.78 is 0. The number of hydrogen-bond donors (Lipinski definition) is 2. The summed E-state index contributed by atoms with van der Waals surface area (Å²) in [6, 6.07) is 0.646. The Hall–Kier alpha value is -1.01. The molecule has 1 rings (SSSR count). The first-order chi connectivity index (χ1) is 6.74. The molecule has 0 radical (unpaired) electrons. The van der Waals surface area contributed by atoms with Crippen LogP contribution in [0.1, 0.15) is 32.6 Å². The van der Waals surface area contributed by atoms with E-state index in [1.807, 2.05) is 0 Å². The zero-order chi connectivity index (χ0) is 10.4. The van der Waals surface area contributed by atoms with Gasteiger partial charge in [-0.05, 0) is 26.3 Å². The highest BCUT2D eigenvalue weighted by atomic mass is 16.1. The number of rotatable bonds is 3. The monoisotopic (exact) mass is 194 g/mol. The van der Waals surface area contributed by atoms with Crippen molar-refractivity contribution in [1.82, 2.24) is 10.6 Å². The van der Waals surface area contributed by atoms with Crippen molar-refractivity contribution >= 4 is 5.91 Å². The smallest absolute Gasteiger partial charge is 0.221 e. The lowest BCUT2D eigenvalue weighted by molar-refractivity contribution is -0.122. The number of hydrogen-bond acceptors (Lipinski definition) is 2. The zero-order valence-electron chi connectivity index (χ0n) is 8.68. The van der Waals surface area contributed by atoms with Crippen molar-refractivity contribution in [3.05, 3.63) is 0 Å². The summed E-state index contributed by atoms with van der Waals surface area (Å²) in [5.74, 6) is 2.54. The number of carbonyl (C=O) groups excluding carboxylic acids is 1. The maximum absolute atomic E-state index is 11.4. The second-order valence-corrected chi connectivity index (χ2v) is 3.76. The van der Waals surface area contributed by atoms with Gasteiger partial charge in [-0.15, -0.1) is 12.3 Å². The molecule has 1 aliphatic rings. The molecule has 1 heterocycles. The highest BCUT2D eigenvalue weighted by Gasteiger charge is 2.21. The van der Waals surface area contributed by atoms with Crippen LogP contribution < -0.4 is 10.6 Å². The molecule has 78 valence electrons. The van der Waals surface area contributed by atoms with Crippen LogP contribution in [0.25, 0.3) is 0 Å². The molecule has 1 fully saturated rings. The van der Waals surface area contributed by atoms with Gasteiger partial charge in [0, 0.05) is 24.9 Å². The Morgan fingerprint density at radius 1 is 1.71 bits per heavy atom. The van der Waals surface area contributed by atoms with Crippen LogP contribution in [0.15, 0.2) is 0 Å². The number of carbonyl (C=O) groups is 1. The topological polar surface area (TPSA) is 41.1 Å². The highest BCUT2D eigenvalue weighted by Crippen LogP contribution is 2.08. The molecule has 0 aliphatic carbocycles. The fraction of sp³-hybridized carbons (Fsp3) is 0.727. The van der Waals surface area contributed by atoms with Crippen molar-refractivity contribution in [2.24, 2.45) is 0 Å². The standard InChI is InChI=1S/C11H18N2O/c1-3-4-7-11(14)13-10-6-5-8-12-9(10)2/h1,9-10,12H,4-8H2,2H3,(H,13,14). The van der Waals surface area contributed by atoms with E-state index in [9.17, 15) is 4.79 Å². The van der Waals surface area contributed by atoms with Gasteiger partial charge < -0.3 is 10.6 Å². The number of nitrogens with one attached hydrogen (secondary N) is 2. The predicted octanol–water partition coefficient (Wildman–Crippen LogP) is 0.656. The SMILES string of the molecule is C#CCCC(=O)NC1CCCNC1C. The number of amides is 1. The molecular formula is C11H18N2O. The zero-order valence-corrected chi connectivity index (χ0v) is 8.68.